The molecule has 1 saturated heterocycles. The van der Waals surface area contributed by atoms with E-state index in [0.717, 1.165) is 28.6 Å². The van der Waals surface area contributed by atoms with Crippen molar-refractivity contribution in [1.29, 1.82) is 0 Å². The Morgan fingerprint density at radius 1 is 1.21 bits per heavy atom. The Labute approximate surface area is 188 Å². The summed E-state index contributed by atoms with van der Waals surface area (Å²) in [6.07, 6.45) is 2.04. The van der Waals surface area contributed by atoms with Crippen molar-refractivity contribution in [2.24, 2.45) is 0 Å². The summed E-state index contributed by atoms with van der Waals surface area (Å²) in [5.41, 5.74) is 2.60. The molecule has 0 radical (unpaired) electrons. The molecular weight excluding hydrogens is 501 g/mol. The first-order chi connectivity index (χ1) is 13.9. The fraction of sp³-hybridized carbons (Fsp3) is 0.286. The van der Waals surface area contributed by atoms with Crippen LogP contribution in [0.25, 0.3) is 0 Å². The molecule has 0 bridgehead atoms. The molecule has 3 rings (SSSR count). The summed E-state index contributed by atoms with van der Waals surface area (Å²) < 4.78 is 6.54. The summed E-state index contributed by atoms with van der Waals surface area (Å²) in [6, 6.07) is 12.5. The lowest BCUT2D eigenvalue weighted by Crippen LogP contribution is -2.36. The van der Waals surface area contributed by atoms with Gasteiger partial charge in [-0.05, 0) is 84.4 Å². The number of anilines is 1. The topological polar surface area (TPSA) is 79.5 Å². The summed E-state index contributed by atoms with van der Waals surface area (Å²) >= 11 is 7.46. The van der Waals surface area contributed by atoms with E-state index in [1.807, 2.05) is 13.0 Å². The zero-order chi connectivity index (χ0) is 20.8. The van der Waals surface area contributed by atoms with Crippen molar-refractivity contribution in [3.8, 4) is 0 Å². The minimum Gasteiger partial charge on any atom is -0.376 e. The quantitative estimate of drug-likeness (QED) is 0.412. The van der Waals surface area contributed by atoms with Crippen LogP contribution in [0.1, 0.15) is 39.1 Å². The number of benzene rings is 2. The number of thiocarbonyl (C=S) groups is 1. The predicted octanol–water partition coefficient (Wildman–Crippen LogP) is 3.64. The van der Waals surface area contributed by atoms with E-state index in [1.165, 1.54) is 0 Å². The monoisotopic (exact) mass is 523 g/mol. The SMILES string of the molecule is Cc1ccc(C(=O)NC(=S)Nc2ccccc2C(=O)NCC2CCCO2)cc1I. The lowest BCUT2D eigenvalue weighted by Gasteiger charge is -2.15. The first-order valence-corrected chi connectivity index (χ1v) is 10.8. The molecule has 2 amide bonds. The number of amides is 2. The Balaban J connectivity index is 1.61. The molecule has 29 heavy (non-hydrogen) atoms. The van der Waals surface area contributed by atoms with Gasteiger partial charge in [0.15, 0.2) is 5.11 Å². The van der Waals surface area contributed by atoms with Gasteiger partial charge in [0.1, 0.15) is 0 Å². The Morgan fingerprint density at radius 2 is 2.00 bits per heavy atom. The van der Waals surface area contributed by atoms with E-state index in [9.17, 15) is 9.59 Å². The number of rotatable bonds is 5. The van der Waals surface area contributed by atoms with E-state index < -0.39 is 0 Å². The number of carbonyl (C=O) groups excluding carboxylic acids is 2. The van der Waals surface area contributed by atoms with Crippen molar-refractivity contribution in [3.05, 3.63) is 62.7 Å². The van der Waals surface area contributed by atoms with Crippen molar-refractivity contribution in [3.63, 3.8) is 0 Å². The molecule has 1 aliphatic heterocycles. The van der Waals surface area contributed by atoms with Gasteiger partial charge in [-0.3, -0.25) is 14.9 Å². The Bertz CT molecular complexity index is 929. The van der Waals surface area contributed by atoms with Crippen LogP contribution in [0.4, 0.5) is 5.69 Å². The van der Waals surface area contributed by atoms with Crippen molar-refractivity contribution in [1.82, 2.24) is 10.6 Å². The first-order valence-electron chi connectivity index (χ1n) is 9.31. The van der Waals surface area contributed by atoms with Crippen LogP contribution in [-0.2, 0) is 4.74 Å². The Hall–Kier alpha value is -2.04. The number of carbonyl (C=O) groups is 2. The second-order valence-electron chi connectivity index (χ2n) is 6.76. The molecule has 1 unspecified atom stereocenters. The highest BCUT2D eigenvalue weighted by molar-refractivity contribution is 14.1. The number of hydrogen-bond acceptors (Lipinski definition) is 4. The smallest absolute Gasteiger partial charge is 0.257 e. The number of nitrogens with one attached hydrogen (secondary N) is 3. The van der Waals surface area contributed by atoms with Gasteiger partial charge in [-0.25, -0.2) is 0 Å². The van der Waals surface area contributed by atoms with Crippen molar-refractivity contribution >= 4 is 57.4 Å². The number of hydrogen-bond donors (Lipinski definition) is 3. The minimum atomic E-state index is -0.305. The van der Waals surface area contributed by atoms with Gasteiger partial charge in [0.25, 0.3) is 11.8 Å². The summed E-state index contributed by atoms with van der Waals surface area (Å²) in [4.78, 5) is 25.0. The summed E-state index contributed by atoms with van der Waals surface area (Å²) in [5.74, 6) is -0.522. The fourth-order valence-corrected chi connectivity index (χ4v) is 3.68. The van der Waals surface area contributed by atoms with E-state index in [2.05, 4.69) is 38.5 Å². The standard InChI is InChI=1S/C21H22IN3O3S/c1-13-8-9-14(11-17(13)22)19(26)25-21(29)24-18-7-3-2-6-16(18)20(27)23-12-15-5-4-10-28-15/h2-3,6-9,11,15H,4-5,10,12H2,1H3,(H,23,27)(H2,24,25,26,29). The first kappa shape index (κ1) is 21.7. The molecule has 1 fully saturated rings. The number of halogens is 1. The van der Waals surface area contributed by atoms with Gasteiger partial charge in [-0.1, -0.05) is 18.2 Å². The second-order valence-corrected chi connectivity index (χ2v) is 8.33. The van der Waals surface area contributed by atoms with Crippen molar-refractivity contribution < 1.29 is 14.3 Å². The van der Waals surface area contributed by atoms with Gasteiger partial charge in [0, 0.05) is 22.3 Å². The van der Waals surface area contributed by atoms with Gasteiger partial charge in [-0.15, -0.1) is 0 Å². The molecule has 0 aliphatic carbocycles. The van der Waals surface area contributed by atoms with Crippen LogP contribution in [-0.4, -0.2) is 36.2 Å². The second kappa shape index (κ2) is 10.1. The molecule has 2 aromatic rings. The lowest BCUT2D eigenvalue weighted by molar-refractivity contribution is 0.0858. The average Bonchev–Trinajstić information content (AvgIpc) is 3.22. The van der Waals surface area contributed by atoms with E-state index in [-0.39, 0.29) is 23.0 Å². The number of aryl methyl sites for hydroxylation is 1. The van der Waals surface area contributed by atoms with Gasteiger partial charge in [-0.2, -0.15) is 0 Å². The molecule has 0 spiro atoms. The molecule has 1 atom stereocenters. The maximum absolute atomic E-state index is 12.6. The van der Waals surface area contributed by atoms with Crippen molar-refractivity contribution in [2.75, 3.05) is 18.5 Å². The minimum absolute atomic E-state index is 0.0664. The maximum Gasteiger partial charge on any atom is 0.257 e. The Morgan fingerprint density at radius 3 is 2.72 bits per heavy atom. The van der Waals surface area contributed by atoms with Crippen LogP contribution >= 0.6 is 34.8 Å². The molecular formula is C21H22IN3O3S. The highest BCUT2D eigenvalue weighted by Crippen LogP contribution is 2.17. The van der Waals surface area contributed by atoms with E-state index >= 15 is 0 Å². The third-order valence-corrected chi connectivity index (χ3v) is 5.96. The average molecular weight is 523 g/mol. The van der Waals surface area contributed by atoms with Crippen LogP contribution in [0, 0.1) is 10.5 Å². The van der Waals surface area contributed by atoms with Crippen molar-refractivity contribution in [2.45, 2.75) is 25.9 Å². The van der Waals surface area contributed by atoms with Gasteiger partial charge < -0.3 is 15.4 Å². The maximum atomic E-state index is 12.6. The van der Waals surface area contributed by atoms with Crippen LogP contribution < -0.4 is 16.0 Å². The van der Waals surface area contributed by atoms with Crippen LogP contribution in [0.15, 0.2) is 42.5 Å². The third-order valence-electron chi connectivity index (χ3n) is 4.60. The molecule has 8 heteroatoms. The van der Waals surface area contributed by atoms with E-state index in [0.29, 0.717) is 23.4 Å². The zero-order valence-corrected chi connectivity index (χ0v) is 18.9. The normalized spacial score (nSPS) is 15.6. The highest BCUT2D eigenvalue weighted by atomic mass is 127. The summed E-state index contributed by atoms with van der Waals surface area (Å²) in [5, 5.41) is 8.64. The van der Waals surface area contributed by atoms with Crippen LogP contribution in [0.2, 0.25) is 0 Å². The van der Waals surface area contributed by atoms with E-state index in [1.54, 1.807) is 36.4 Å². The molecule has 0 saturated carbocycles. The highest BCUT2D eigenvalue weighted by Gasteiger charge is 2.18. The van der Waals surface area contributed by atoms with Gasteiger partial charge in [0.2, 0.25) is 0 Å². The van der Waals surface area contributed by atoms with Crippen LogP contribution in [0.3, 0.4) is 0 Å². The zero-order valence-electron chi connectivity index (χ0n) is 16.0. The largest absolute Gasteiger partial charge is 0.376 e. The van der Waals surface area contributed by atoms with Crippen LogP contribution in [0.5, 0.6) is 0 Å². The van der Waals surface area contributed by atoms with Gasteiger partial charge in [0.05, 0.1) is 17.4 Å². The summed E-state index contributed by atoms with van der Waals surface area (Å²) in [6.45, 7) is 3.20. The molecule has 1 heterocycles. The molecule has 6 nitrogen and oxygen atoms in total. The third kappa shape index (κ3) is 5.97. The molecule has 0 aromatic heterocycles. The molecule has 1 aliphatic rings. The van der Waals surface area contributed by atoms with Gasteiger partial charge >= 0.3 is 0 Å². The Kier molecular flexibility index (Phi) is 7.57. The summed E-state index contributed by atoms with van der Waals surface area (Å²) in [7, 11) is 0. The molecule has 152 valence electrons. The molecule has 2 aromatic carbocycles. The fourth-order valence-electron chi connectivity index (χ4n) is 2.96. The molecule has 3 N–H and O–H groups in total. The number of ether oxygens (including phenoxy) is 1. The van der Waals surface area contributed by atoms with E-state index in [4.69, 9.17) is 17.0 Å². The predicted molar refractivity (Wildman–Crippen MR) is 125 cm³/mol. The lowest BCUT2D eigenvalue weighted by atomic mass is 10.1. The number of para-hydroxylation sites is 1.